The second-order valence-electron chi connectivity index (χ2n) is 8.32. The summed E-state index contributed by atoms with van der Waals surface area (Å²) >= 11 is 0. The van der Waals surface area contributed by atoms with Crippen LogP contribution >= 0.6 is 0 Å². The Morgan fingerprint density at radius 3 is 2.14 bits per heavy atom. The number of benzene rings is 3. The van der Waals surface area contributed by atoms with Gasteiger partial charge in [-0.15, -0.1) is 0 Å². The van der Waals surface area contributed by atoms with Gasteiger partial charge in [0.15, 0.2) is 11.5 Å². The number of amides is 2. The van der Waals surface area contributed by atoms with Gasteiger partial charge in [0, 0.05) is 29.0 Å². The third-order valence-corrected chi connectivity index (χ3v) is 5.89. The van der Waals surface area contributed by atoms with Crippen LogP contribution < -0.4 is 24.4 Å². The number of ether oxygens (including phenoxy) is 3. The van der Waals surface area contributed by atoms with Crippen molar-refractivity contribution >= 4 is 23.2 Å². The number of anilines is 2. The maximum Gasteiger partial charge on any atom is 0.258 e. The van der Waals surface area contributed by atoms with Crippen LogP contribution in [0.25, 0.3) is 0 Å². The number of hydrogen-bond acceptors (Lipinski definition) is 5. The maximum absolute atomic E-state index is 13.2. The molecule has 1 aliphatic heterocycles. The summed E-state index contributed by atoms with van der Waals surface area (Å²) in [5.41, 5.74) is 3.64. The zero-order valence-corrected chi connectivity index (χ0v) is 21.0. The maximum atomic E-state index is 13.2. The number of carbonyl (C=O) groups excluding carboxylic acids is 2. The van der Waals surface area contributed by atoms with Crippen molar-refractivity contribution in [3.05, 3.63) is 77.4 Å². The molecule has 0 spiro atoms. The number of fused-ring (bicyclic) bond motifs is 1. The van der Waals surface area contributed by atoms with E-state index in [1.807, 2.05) is 74.2 Å². The molecule has 0 radical (unpaired) electrons. The molecule has 0 atom stereocenters. The van der Waals surface area contributed by atoms with Crippen molar-refractivity contribution < 1.29 is 23.8 Å². The van der Waals surface area contributed by atoms with E-state index in [1.54, 1.807) is 12.1 Å². The average Bonchev–Trinajstić information content (AvgIpc) is 2.90. The Morgan fingerprint density at radius 2 is 1.50 bits per heavy atom. The van der Waals surface area contributed by atoms with Gasteiger partial charge in [-0.25, -0.2) is 0 Å². The Kier molecular flexibility index (Phi) is 8.10. The van der Waals surface area contributed by atoms with Gasteiger partial charge in [-0.05, 0) is 81.6 Å². The first kappa shape index (κ1) is 25.1. The van der Waals surface area contributed by atoms with Crippen LogP contribution in [0.5, 0.6) is 17.2 Å². The third kappa shape index (κ3) is 5.46. The van der Waals surface area contributed by atoms with Gasteiger partial charge in [-0.2, -0.15) is 0 Å². The minimum absolute atomic E-state index is 0.0189. The molecule has 1 N–H and O–H groups in total. The first-order chi connectivity index (χ1) is 17.5. The first-order valence-corrected chi connectivity index (χ1v) is 12.4. The van der Waals surface area contributed by atoms with Crippen molar-refractivity contribution in [1.29, 1.82) is 0 Å². The van der Waals surface area contributed by atoms with Crippen molar-refractivity contribution in [2.45, 2.75) is 33.6 Å². The fourth-order valence-electron chi connectivity index (χ4n) is 4.35. The van der Waals surface area contributed by atoms with Gasteiger partial charge in [-0.1, -0.05) is 18.2 Å². The molecule has 0 saturated carbocycles. The Balaban J connectivity index is 1.58. The lowest BCUT2D eigenvalue weighted by Gasteiger charge is -2.30. The predicted molar refractivity (Wildman–Crippen MR) is 141 cm³/mol. The van der Waals surface area contributed by atoms with Gasteiger partial charge in [0.25, 0.3) is 11.8 Å². The number of rotatable bonds is 9. The molecule has 0 aromatic heterocycles. The number of nitrogens with one attached hydrogen (secondary N) is 1. The van der Waals surface area contributed by atoms with E-state index >= 15 is 0 Å². The van der Waals surface area contributed by atoms with Crippen LogP contribution in [0.3, 0.4) is 0 Å². The smallest absolute Gasteiger partial charge is 0.258 e. The average molecular weight is 489 g/mol. The van der Waals surface area contributed by atoms with Crippen LogP contribution in [0.4, 0.5) is 11.4 Å². The number of nitrogens with zero attached hydrogens (tertiary/aromatic N) is 1. The first-order valence-electron chi connectivity index (χ1n) is 12.4. The quantitative estimate of drug-likeness (QED) is 0.416. The van der Waals surface area contributed by atoms with Gasteiger partial charge < -0.3 is 24.4 Å². The Hall–Kier alpha value is -4.00. The molecule has 4 rings (SSSR count). The topological polar surface area (TPSA) is 77.1 Å². The fraction of sp³-hybridized carbons (Fsp3) is 0.310. The highest BCUT2D eigenvalue weighted by Gasteiger charge is 2.24. The molecular formula is C29H32N2O5. The van der Waals surface area contributed by atoms with Crippen molar-refractivity contribution in [1.82, 2.24) is 0 Å². The molecular weight excluding hydrogens is 456 g/mol. The molecule has 7 heteroatoms. The molecule has 3 aromatic rings. The minimum atomic E-state index is -0.284. The summed E-state index contributed by atoms with van der Waals surface area (Å²) in [4.78, 5) is 28.1. The SMILES string of the molecule is CCOc1cc(C(=O)Nc2ccc3c(c2)CCCN3C(=O)c2ccccc2)cc(OCC)c1OCC. The molecule has 1 heterocycles. The second kappa shape index (κ2) is 11.6. The van der Waals surface area contributed by atoms with E-state index in [9.17, 15) is 9.59 Å². The van der Waals surface area contributed by atoms with Crippen LogP contribution in [-0.4, -0.2) is 38.2 Å². The number of aryl methyl sites for hydroxylation is 1. The van der Waals surface area contributed by atoms with Crippen molar-refractivity contribution in [2.24, 2.45) is 0 Å². The van der Waals surface area contributed by atoms with Gasteiger partial charge in [0.05, 0.1) is 19.8 Å². The highest BCUT2D eigenvalue weighted by molar-refractivity contribution is 6.08. The summed E-state index contributed by atoms with van der Waals surface area (Å²) in [6.07, 6.45) is 1.70. The summed E-state index contributed by atoms with van der Waals surface area (Å²) in [5.74, 6) is 1.13. The van der Waals surface area contributed by atoms with Gasteiger partial charge >= 0.3 is 0 Å². The lowest BCUT2D eigenvalue weighted by Crippen LogP contribution is -2.35. The summed E-state index contributed by atoms with van der Waals surface area (Å²) in [7, 11) is 0. The molecule has 188 valence electrons. The molecule has 0 aliphatic carbocycles. The lowest BCUT2D eigenvalue weighted by atomic mass is 10.00. The molecule has 0 fully saturated rings. The fourth-order valence-corrected chi connectivity index (χ4v) is 4.35. The van der Waals surface area contributed by atoms with Crippen LogP contribution in [0.15, 0.2) is 60.7 Å². The molecule has 1 aliphatic rings. The Morgan fingerprint density at radius 1 is 0.833 bits per heavy atom. The van der Waals surface area contributed by atoms with Crippen LogP contribution in [-0.2, 0) is 6.42 Å². The molecule has 2 amide bonds. The highest BCUT2D eigenvalue weighted by atomic mass is 16.5. The normalized spacial score (nSPS) is 12.5. The van der Waals surface area contributed by atoms with E-state index in [4.69, 9.17) is 14.2 Å². The minimum Gasteiger partial charge on any atom is -0.490 e. The largest absolute Gasteiger partial charge is 0.490 e. The van der Waals surface area contributed by atoms with Crippen molar-refractivity contribution in [3.63, 3.8) is 0 Å². The number of hydrogen-bond donors (Lipinski definition) is 1. The zero-order valence-electron chi connectivity index (χ0n) is 21.0. The van der Waals surface area contributed by atoms with Crippen LogP contribution in [0.1, 0.15) is 53.5 Å². The highest BCUT2D eigenvalue weighted by Crippen LogP contribution is 2.39. The standard InChI is InChI=1S/C29H32N2O5/c1-4-34-25-18-22(19-26(35-5-2)27(25)36-6-3)28(32)30-23-14-15-24-21(17-23)13-10-16-31(24)29(33)20-11-8-7-9-12-20/h7-9,11-12,14-15,17-19H,4-6,10,13,16H2,1-3H3,(H,30,32). The summed E-state index contributed by atoms with van der Waals surface area (Å²) in [6, 6.07) is 18.3. The summed E-state index contributed by atoms with van der Waals surface area (Å²) in [5, 5.41) is 2.98. The van der Waals surface area contributed by atoms with Gasteiger partial charge in [0.2, 0.25) is 5.75 Å². The summed E-state index contributed by atoms with van der Waals surface area (Å²) < 4.78 is 17.2. The third-order valence-electron chi connectivity index (χ3n) is 5.89. The van der Waals surface area contributed by atoms with Crippen molar-refractivity contribution in [3.8, 4) is 17.2 Å². The summed E-state index contributed by atoms with van der Waals surface area (Å²) in [6.45, 7) is 7.61. The van der Waals surface area contributed by atoms with Crippen LogP contribution in [0, 0.1) is 0 Å². The Labute approximate surface area is 212 Å². The molecule has 0 unspecified atom stereocenters. The van der Waals surface area contributed by atoms with E-state index in [1.165, 1.54) is 0 Å². The van der Waals surface area contributed by atoms with E-state index in [-0.39, 0.29) is 11.8 Å². The second-order valence-corrected chi connectivity index (χ2v) is 8.32. The molecule has 0 bridgehead atoms. The Bertz CT molecular complexity index is 1200. The number of carbonyl (C=O) groups is 2. The van der Waals surface area contributed by atoms with Gasteiger partial charge in [-0.3, -0.25) is 9.59 Å². The van der Waals surface area contributed by atoms with Crippen LogP contribution in [0.2, 0.25) is 0 Å². The van der Waals surface area contributed by atoms with E-state index in [0.29, 0.717) is 60.4 Å². The molecule has 3 aromatic carbocycles. The molecule has 0 saturated heterocycles. The van der Waals surface area contributed by atoms with E-state index in [0.717, 1.165) is 24.1 Å². The predicted octanol–water partition coefficient (Wildman–Crippen LogP) is 5.73. The molecule has 7 nitrogen and oxygen atoms in total. The lowest BCUT2D eigenvalue weighted by molar-refractivity contribution is 0.0983. The van der Waals surface area contributed by atoms with E-state index < -0.39 is 0 Å². The molecule has 36 heavy (non-hydrogen) atoms. The van der Waals surface area contributed by atoms with Gasteiger partial charge in [0.1, 0.15) is 0 Å². The monoisotopic (exact) mass is 488 g/mol. The van der Waals surface area contributed by atoms with E-state index in [2.05, 4.69) is 5.32 Å². The van der Waals surface area contributed by atoms with Crippen molar-refractivity contribution in [2.75, 3.05) is 36.6 Å². The zero-order chi connectivity index (χ0) is 25.5.